The highest BCUT2D eigenvalue weighted by atomic mass is 32.2. The first-order chi connectivity index (χ1) is 9.03. The maximum atomic E-state index is 12.2. The van der Waals surface area contributed by atoms with E-state index < -0.39 is 10.0 Å². The van der Waals surface area contributed by atoms with Crippen LogP contribution in [0.1, 0.15) is 11.1 Å². The molecule has 4 heteroatoms. The fourth-order valence-electron chi connectivity index (χ4n) is 1.62. The molecule has 1 N–H and O–H groups in total. The lowest BCUT2D eigenvalue weighted by Gasteiger charge is -2.09. The summed E-state index contributed by atoms with van der Waals surface area (Å²) in [7, 11) is -3.61. The summed E-state index contributed by atoms with van der Waals surface area (Å²) in [5, 5.41) is 0. The number of nitrogens with one attached hydrogen (secondary N) is 1. The Morgan fingerprint density at radius 3 is 2.32 bits per heavy atom. The minimum atomic E-state index is -3.61. The zero-order chi connectivity index (χ0) is 13.9. The van der Waals surface area contributed by atoms with Crippen LogP contribution in [0.3, 0.4) is 0 Å². The lowest BCUT2D eigenvalue weighted by molar-refractivity contribution is 0.601. The van der Waals surface area contributed by atoms with Crippen LogP contribution >= 0.6 is 0 Å². The Morgan fingerprint density at radius 1 is 1.05 bits per heavy atom. The first-order valence-corrected chi connectivity index (χ1v) is 7.16. The fourth-order valence-corrected chi connectivity index (χ4v) is 2.70. The van der Waals surface area contributed by atoms with Crippen molar-refractivity contribution >= 4 is 15.7 Å². The van der Waals surface area contributed by atoms with Gasteiger partial charge in [-0.05, 0) is 31.2 Å². The molecule has 0 saturated heterocycles. The van der Waals surface area contributed by atoms with Crippen LogP contribution in [0.2, 0.25) is 0 Å². The second-order valence-corrected chi connectivity index (χ2v) is 5.79. The number of rotatable bonds is 3. The SMILES string of the molecule is C#Cc1ccccc1NS(=O)(=O)c1ccc(C)cc1. The lowest BCUT2D eigenvalue weighted by Crippen LogP contribution is -2.13. The van der Waals surface area contributed by atoms with E-state index in [0.29, 0.717) is 11.3 Å². The predicted octanol–water partition coefficient (Wildman–Crippen LogP) is 2.78. The van der Waals surface area contributed by atoms with Gasteiger partial charge in [0.25, 0.3) is 10.0 Å². The maximum absolute atomic E-state index is 12.2. The molecular formula is C15H13NO2S. The van der Waals surface area contributed by atoms with Gasteiger partial charge in [0, 0.05) is 5.56 Å². The Hall–Kier alpha value is -2.25. The average Bonchev–Trinajstić information content (AvgIpc) is 2.39. The van der Waals surface area contributed by atoms with E-state index in [9.17, 15) is 8.42 Å². The Balaban J connectivity index is 2.37. The summed E-state index contributed by atoms with van der Waals surface area (Å²) >= 11 is 0. The van der Waals surface area contributed by atoms with Crippen LogP contribution in [0.25, 0.3) is 0 Å². The quantitative estimate of drug-likeness (QED) is 0.872. The van der Waals surface area contributed by atoms with Gasteiger partial charge in [0.2, 0.25) is 0 Å². The van der Waals surface area contributed by atoms with Crippen LogP contribution in [-0.2, 0) is 10.0 Å². The van der Waals surface area contributed by atoms with Gasteiger partial charge in [0.15, 0.2) is 0 Å². The van der Waals surface area contributed by atoms with Gasteiger partial charge < -0.3 is 0 Å². The summed E-state index contributed by atoms with van der Waals surface area (Å²) in [6.45, 7) is 1.90. The summed E-state index contributed by atoms with van der Waals surface area (Å²) in [5.41, 5.74) is 1.92. The molecule has 96 valence electrons. The summed E-state index contributed by atoms with van der Waals surface area (Å²) in [6.07, 6.45) is 5.34. The zero-order valence-corrected chi connectivity index (χ0v) is 11.2. The third kappa shape index (κ3) is 2.95. The standard InChI is InChI=1S/C15H13NO2S/c1-3-13-6-4-5-7-15(13)16-19(17,18)14-10-8-12(2)9-11-14/h1,4-11,16H,2H3. The van der Waals surface area contributed by atoms with Gasteiger partial charge in [-0.25, -0.2) is 8.42 Å². The molecule has 0 aliphatic rings. The topological polar surface area (TPSA) is 46.2 Å². The van der Waals surface area contributed by atoms with Gasteiger partial charge in [-0.3, -0.25) is 4.72 Å². The van der Waals surface area contributed by atoms with E-state index in [4.69, 9.17) is 6.42 Å². The van der Waals surface area contributed by atoms with Crippen LogP contribution in [0.4, 0.5) is 5.69 Å². The summed E-state index contributed by atoms with van der Waals surface area (Å²) < 4.78 is 26.9. The van der Waals surface area contributed by atoms with Crippen molar-refractivity contribution in [2.45, 2.75) is 11.8 Å². The monoisotopic (exact) mass is 271 g/mol. The number of benzene rings is 2. The van der Waals surface area contributed by atoms with Crippen molar-refractivity contribution in [1.29, 1.82) is 0 Å². The molecule has 0 fully saturated rings. The molecular weight excluding hydrogens is 258 g/mol. The highest BCUT2D eigenvalue weighted by Gasteiger charge is 2.14. The van der Waals surface area contributed by atoms with E-state index in [-0.39, 0.29) is 4.90 Å². The third-order valence-electron chi connectivity index (χ3n) is 2.66. The molecule has 2 aromatic carbocycles. The van der Waals surface area contributed by atoms with Crippen LogP contribution in [0.15, 0.2) is 53.4 Å². The van der Waals surface area contributed by atoms with Crippen molar-refractivity contribution < 1.29 is 8.42 Å². The molecule has 0 aromatic heterocycles. The average molecular weight is 271 g/mol. The Kier molecular flexibility index (Phi) is 3.59. The molecule has 0 radical (unpaired) electrons. The number of anilines is 1. The van der Waals surface area contributed by atoms with Crippen molar-refractivity contribution in [2.75, 3.05) is 4.72 Å². The summed E-state index contributed by atoms with van der Waals surface area (Å²) in [6, 6.07) is 13.5. The molecule has 3 nitrogen and oxygen atoms in total. The van der Waals surface area contributed by atoms with Crippen molar-refractivity contribution in [3.8, 4) is 12.3 Å². The second-order valence-electron chi connectivity index (χ2n) is 4.11. The molecule has 0 aliphatic carbocycles. The van der Waals surface area contributed by atoms with Gasteiger partial charge in [-0.2, -0.15) is 0 Å². The van der Waals surface area contributed by atoms with E-state index in [1.807, 2.05) is 6.92 Å². The molecule has 0 amide bonds. The van der Waals surface area contributed by atoms with E-state index in [2.05, 4.69) is 10.6 Å². The van der Waals surface area contributed by atoms with Crippen LogP contribution in [0.5, 0.6) is 0 Å². The van der Waals surface area contributed by atoms with Gasteiger partial charge in [-0.1, -0.05) is 35.7 Å². The van der Waals surface area contributed by atoms with Crippen LogP contribution in [-0.4, -0.2) is 8.42 Å². The number of sulfonamides is 1. The first kappa shape index (κ1) is 13.2. The predicted molar refractivity (Wildman–Crippen MR) is 76.4 cm³/mol. The maximum Gasteiger partial charge on any atom is 0.261 e. The summed E-state index contributed by atoms with van der Waals surface area (Å²) in [4.78, 5) is 0.213. The normalized spacial score (nSPS) is 10.7. The third-order valence-corrected chi connectivity index (χ3v) is 4.04. The van der Waals surface area contributed by atoms with E-state index >= 15 is 0 Å². The van der Waals surface area contributed by atoms with Gasteiger partial charge in [0.05, 0.1) is 10.6 Å². The smallest absolute Gasteiger partial charge is 0.261 e. The van der Waals surface area contributed by atoms with Crippen LogP contribution in [0, 0.1) is 19.3 Å². The molecule has 0 saturated carbocycles. The molecule has 0 heterocycles. The van der Waals surface area contributed by atoms with E-state index in [1.54, 1.807) is 48.5 Å². The molecule has 0 spiro atoms. The number of hydrogen-bond donors (Lipinski definition) is 1. The molecule has 0 unspecified atom stereocenters. The molecule has 2 aromatic rings. The highest BCUT2D eigenvalue weighted by molar-refractivity contribution is 7.92. The first-order valence-electron chi connectivity index (χ1n) is 5.68. The minimum Gasteiger partial charge on any atom is -0.278 e. The largest absolute Gasteiger partial charge is 0.278 e. The van der Waals surface area contributed by atoms with Crippen molar-refractivity contribution in [2.24, 2.45) is 0 Å². The van der Waals surface area contributed by atoms with Crippen LogP contribution < -0.4 is 4.72 Å². The van der Waals surface area contributed by atoms with Crippen molar-refractivity contribution in [3.05, 3.63) is 59.7 Å². The van der Waals surface area contributed by atoms with Gasteiger partial charge in [-0.15, -0.1) is 6.42 Å². The van der Waals surface area contributed by atoms with Crippen molar-refractivity contribution in [1.82, 2.24) is 0 Å². The molecule has 2 rings (SSSR count). The fraction of sp³-hybridized carbons (Fsp3) is 0.0667. The molecule has 0 aliphatic heterocycles. The molecule has 19 heavy (non-hydrogen) atoms. The second kappa shape index (κ2) is 5.17. The zero-order valence-electron chi connectivity index (χ0n) is 10.4. The Morgan fingerprint density at radius 2 is 1.68 bits per heavy atom. The molecule has 0 bridgehead atoms. The minimum absolute atomic E-state index is 0.213. The molecule has 0 atom stereocenters. The number of aryl methyl sites for hydroxylation is 1. The van der Waals surface area contributed by atoms with Gasteiger partial charge >= 0.3 is 0 Å². The van der Waals surface area contributed by atoms with Crippen molar-refractivity contribution in [3.63, 3.8) is 0 Å². The van der Waals surface area contributed by atoms with E-state index in [1.165, 1.54) is 0 Å². The Bertz CT molecular complexity index is 725. The number of para-hydroxylation sites is 1. The van der Waals surface area contributed by atoms with Gasteiger partial charge in [0.1, 0.15) is 0 Å². The summed E-state index contributed by atoms with van der Waals surface area (Å²) in [5.74, 6) is 2.45. The lowest BCUT2D eigenvalue weighted by atomic mass is 10.2. The number of hydrogen-bond acceptors (Lipinski definition) is 2. The number of terminal acetylenes is 1. The van der Waals surface area contributed by atoms with E-state index in [0.717, 1.165) is 5.56 Å². The highest BCUT2D eigenvalue weighted by Crippen LogP contribution is 2.19. The Labute approximate surface area is 113 Å².